The molecule has 0 aliphatic heterocycles. The normalized spacial score (nSPS) is 10.1. The maximum atomic E-state index is 11.8. The Morgan fingerprint density at radius 2 is 2.06 bits per heavy atom. The molecule has 0 aromatic carbocycles. The number of carbonyl (C=O) groups excluding carboxylic acids is 1. The van der Waals surface area contributed by atoms with Crippen LogP contribution in [0.4, 0.5) is 5.82 Å². The molecule has 0 fully saturated rings. The van der Waals surface area contributed by atoms with Crippen LogP contribution in [-0.2, 0) is 4.79 Å². The van der Waals surface area contributed by atoms with Gasteiger partial charge in [0.05, 0.1) is 12.9 Å². The lowest BCUT2D eigenvalue weighted by atomic mass is 10.4. The zero-order chi connectivity index (χ0) is 12.8. The Morgan fingerprint density at radius 3 is 2.59 bits per heavy atom. The number of hydrogen-bond donors (Lipinski definition) is 1. The molecule has 94 valence electrons. The molecule has 6 heteroatoms. The van der Waals surface area contributed by atoms with E-state index in [1.807, 2.05) is 13.8 Å². The maximum absolute atomic E-state index is 11.8. The van der Waals surface area contributed by atoms with Crippen LogP contribution >= 0.6 is 0 Å². The van der Waals surface area contributed by atoms with Gasteiger partial charge in [-0.25, -0.2) is 4.98 Å². The van der Waals surface area contributed by atoms with Gasteiger partial charge in [-0.1, -0.05) is 0 Å². The molecule has 17 heavy (non-hydrogen) atoms. The van der Waals surface area contributed by atoms with Gasteiger partial charge in [-0.15, -0.1) is 0 Å². The average molecular weight is 238 g/mol. The second-order valence-corrected chi connectivity index (χ2v) is 3.69. The number of anilines is 1. The number of amides is 1. The molecule has 0 radical (unpaired) electrons. The predicted molar refractivity (Wildman–Crippen MR) is 66.1 cm³/mol. The van der Waals surface area contributed by atoms with Crippen molar-refractivity contribution in [3.05, 3.63) is 22.7 Å². The van der Waals surface area contributed by atoms with Crippen molar-refractivity contribution in [2.24, 2.45) is 0 Å². The van der Waals surface area contributed by atoms with E-state index in [0.717, 1.165) is 0 Å². The molecule has 1 rings (SSSR count). The number of carbonyl (C=O) groups is 1. The monoisotopic (exact) mass is 238 g/mol. The maximum Gasteiger partial charge on any atom is 0.252 e. The standard InChI is InChI=1S/C11H18N4O2/c1-4-15(5-2)11(17)7-14(3)9-6-10(16)13-8-12-9/h6,8H,4-5,7H2,1-3H3,(H,12,13,16). The Hall–Kier alpha value is -1.85. The van der Waals surface area contributed by atoms with Crippen molar-refractivity contribution < 1.29 is 4.79 Å². The molecule has 1 amide bonds. The van der Waals surface area contributed by atoms with Gasteiger partial charge in [-0.2, -0.15) is 0 Å². The largest absolute Gasteiger partial charge is 0.350 e. The molecule has 0 spiro atoms. The first-order valence-corrected chi connectivity index (χ1v) is 5.62. The van der Waals surface area contributed by atoms with Crippen LogP contribution in [0.5, 0.6) is 0 Å². The lowest BCUT2D eigenvalue weighted by Gasteiger charge is -2.23. The van der Waals surface area contributed by atoms with Crippen LogP contribution in [0.2, 0.25) is 0 Å². The predicted octanol–water partition coefficient (Wildman–Crippen LogP) is 0.0745. The topological polar surface area (TPSA) is 69.3 Å². The summed E-state index contributed by atoms with van der Waals surface area (Å²) in [6.45, 7) is 5.47. The van der Waals surface area contributed by atoms with Gasteiger partial charge in [0.15, 0.2) is 0 Å². The Morgan fingerprint density at radius 1 is 1.41 bits per heavy atom. The number of aromatic amines is 1. The smallest absolute Gasteiger partial charge is 0.252 e. The molecule has 0 saturated carbocycles. The van der Waals surface area contributed by atoms with Crippen molar-refractivity contribution in [3.8, 4) is 0 Å². The van der Waals surface area contributed by atoms with Gasteiger partial charge in [0, 0.05) is 26.2 Å². The summed E-state index contributed by atoms with van der Waals surface area (Å²) in [5, 5.41) is 0. The van der Waals surface area contributed by atoms with E-state index < -0.39 is 0 Å². The Labute approximate surface area is 100 Å². The SMILES string of the molecule is CCN(CC)C(=O)CN(C)c1cc(=O)[nH]cn1. The fraction of sp³-hybridized carbons (Fsp3) is 0.545. The molecule has 1 N–H and O–H groups in total. The zero-order valence-corrected chi connectivity index (χ0v) is 10.4. The van der Waals surface area contributed by atoms with E-state index in [9.17, 15) is 9.59 Å². The summed E-state index contributed by atoms with van der Waals surface area (Å²) in [4.78, 5) is 32.8. The van der Waals surface area contributed by atoms with Crippen LogP contribution in [0.1, 0.15) is 13.8 Å². The fourth-order valence-corrected chi connectivity index (χ4v) is 1.53. The van der Waals surface area contributed by atoms with E-state index in [4.69, 9.17) is 0 Å². The third kappa shape index (κ3) is 3.58. The highest BCUT2D eigenvalue weighted by Gasteiger charge is 2.13. The van der Waals surface area contributed by atoms with Crippen molar-refractivity contribution in [1.82, 2.24) is 14.9 Å². The molecule has 0 aliphatic rings. The van der Waals surface area contributed by atoms with Gasteiger partial charge in [0.1, 0.15) is 5.82 Å². The third-order valence-electron chi connectivity index (χ3n) is 2.54. The third-order valence-corrected chi connectivity index (χ3v) is 2.54. The van der Waals surface area contributed by atoms with Gasteiger partial charge >= 0.3 is 0 Å². The summed E-state index contributed by atoms with van der Waals surface area (Å²) in [6, 6.07) is 1.37. The quantitative estimate of drug-likeness (QED) is 0.788. The van der Waals surface area contributed by atoms with E-state index in [2.05, 4.69) is 9.97 Å². The molecule has 0 atom stereocenters. The molecule has 0 bridgehead atoms. The van der Waals surface area contributed by atoms with Crippen molar-refractivity contribution in [2.75, 3.05) is 31.6 Å². The number of H-pyrrole nitrogens is 1. The van der Waals surface area contributed by atoms with Crippen molar-refractivity contribution in [3.63, 3.8) is 0 Å². The molecule has 1 aromatic heterocycles. The summed E-state index contributed by atoms with van der Waals surface area (Å²) in [5.41, 5.74) is -0.225. The van der Waals surface area contributed by atoms with Gasteiger partial charge in [0.2, 0.25) is 5.91 Å². The summed E-state index contributed by atoms with van der Waals surface area (Å²) < 4.78 is 0. The van der Waals surface area contributed by atoms with Crippen LogP contribution in [-0.4, -0.2) is 47.5 Å². The summed E-state index contributed by atoms with van der Waals surface area (Å²) in [6.07, 6.45) is 1.33. The first-order valence-electron chi connectivity index (χ1n) is 5.62. The van der Waals surface area contributed by atoms with Gasteiger partial charge in [-0.05, 0) is 13.8 Å². The Kier molecular flexibility index (Phi) is 4.68. The van der Waals surface area contributed by atoms with Crippen molar-refractivity contribution in [2.45, 2.75) is 13.8 Å². The molecule has 6 nitrogen and oxygen atoms in total. The highest BCUT2D eigenvalue weighted by molar-refractivity contribution is 5.80. The molecular weight excluding hydrogens is 220 g/mol. The van der Waals surface area contributed by atoms with E-state index in [-0.39, 0.29) is 18.0 Å². The lowest BCUT2D eigenvalue weighted by Crippen LogP contribution is -2.39. The fourth-order valence-electron chi connectivity index (χ4n) is 1.53. The van der Waals surface area contributed by atoms with Crippen LogP contribution in [0.3, 0.4) is 0 Å². The Balaban J connectivity index is 2.69. The number of aromatic nitrogens is 2. The van der Waals surface area contributed by atoms with Gasteiger partial charge < -0.3 is 14.8 Å². The highest BCUT2D eigenvalue weighted by atomic mass is 16.2. The zero-order valence-electron chi connectivity index (χ0n) is 10.4. The summed E-state index contributed by atoms with van der Waals surface area (Å²) >= 11 is 0. The minimum absolute atomic E-state index is 0.0274. The molecular formula is C11H18N4O2. The Bertz CT molecular complexity index is 425. The second-order valence-electron chi connectivity index (χ2n) is 3.69. The molecule has 0 aliphatic carbocycles. The molecule has 0 saturated heterocycles. The number of likely N-dealkylation sites (N-methyl/N-ethyl adjacent to an activating group) is 2. The molecule has 1 aromatic rings. The molecule has 0 unspecified atom stereocenters. The highest BCUT2D eigenvalue weighted by Crippen LogP contribution is 2.03. The van der Waals surface area contributed by atoms with Gasteiger partial charge in [0.25, 0.3) is 5.56 Å². The van der Waals surface area contributed by atoms with Crippen LogP contribution in [0, 0.1) is 0 Å². The average Bonchev–Trinajstić information content (AvgIpc) is 2.30. The van der Waals surface area contributed by atoms with Crippen molar-refractivity contribution >= 4 is 11.7 Å². The minimum atomic E-state index is -0.225. The van der Waals surface area contributed by atoms with Crippen LogP contribution < -0.4 is 10.5 Å². The van der Waals surface area contributed by atoms with Crippen LogP contribution in [0.15, 0.2) is 17.2 Å². The molecule has 1 heterocycles. The van der Waals surface area contributed by atoms with E-state index in [1.165, 1.54) is 12.4 Å². The number of nitrogens with zero attached hydrogens (tertiary/aromatic N) is 3. The van der Waals surface area contributed by atoms with E-state index in [0.29, 0.717) is 18.9 Å². The first kappa shape index (κ1) is 13.2. The van der Waals surface area contributed by atoms with Crippen LogP contribution in [0.25, 0.3) is 0 Å². The summed E-state index contributed by atoms with van der Waals surface area (Å²) in [7, 11) is 1.74. The van der Waals surface area contributed by atoms with E-state index >= 15 is 0 Å². The minimum Gasteiger partial charge on any atom is -0.350 e. The number of rotatable bonds is 5. The van der Waals surface area contributed by atoms with Crippen molar-refractivity contribution in [1.29, 1.82) is 0 Å². The van der Waals surface area contributed by atoms with E-state index in [1.54, 1.807) is 16.8 Å². The second kappa shape index (κ2) is 6.03. The number of hydrogen-bond acceptors (Lipinski definition) is 4. The lowest BCUT2D eigenvalue weighted by molar-refractivity contribution is -0.129. The van der Waals surface area contributed by atoms with Gasteiger partial charge in [-0.3, -0.25) is 9.59 Å². The summed E-state index contributed by atoms with van der Waals surface area (Å²) in [5.74, 6) is 0.522. The number of nitrogens with one attached hydrogen (secondary N) is 1. The first-order chi connectivity index (χ1) is 8.08.